The van der Waals surface area contributed by atoms with E-state index in [1.807, 2.05) is 30.3 Å². The molecule has 4 aromatic rings. The predicted octanol–water partition coefficient (Wildman–Crippen LogP) is 4.29. The number of fused-ring (bicyclic) bond motifs is 1. The number of nitrogens with one attached hydrogen (secondary N) is 3. The summed E-state index contributed by atoms with van der Waals surface area (Å²) in [6.07, 6.45) is 1.77. The Morgan fingerprint density at radius 2 is 1.53 bits per heavy atom. The van der Waals surface area contributed by atoms with Crippen molar-refractivity contribution >= 4 is 38.3 Å². The summed E-state index contributed by atoms with van der Waals surface area (Å²) < 4.78 is 28.9. The van der Waals surface area contributed by atoms with Crippen molar-refractivity contribution in [3.8, 4) is 0 Å². The Morgan fingerprint density at radius 3 is 2.21 bits per heavy atom. The number of hydrogen-bond acceptors (Lipinski definition) is 5. The summed E-state index contributed by atoms with van der Waals surface area (Å²) in [5.74, 6) is -0.909. The highest BCUT2D eigenvalue weighted by molar-refractivity contribution is 7.89. The van der Waals surface area contributed by atoms with E-state index in [2.05, 4.69) is 20.3 Å². The van der Waals surface area contributed by atoms with E-state index in [4.69, 9.17) is 0 Å². The molecular weight excluding hydrogens is 500 g/mol. The highest BCUT2D eigenvalue weighted by atomic mass is 32.2. The summed E-state index contributed by atoms with van der Waals surface area (Å²) in [6, 6.07) is 23.5. The quantitative estimate of drug-likeness (QED) is 0.314. The lowest BCUT2D eigenvalue weighted by atomic mass is 10.0. The topological polar surface area (TPSA) is 117 Å². The molecule has 0 spiro atoms. The lowest BCUT2D eigenvalue weighted by Gasteiger charge is -2.22. The van der Waals surface area contributed by atoms with Crippen LogP contribution in [-0.4, -0.2) is 36.8 Å². The molecule has 8 nitrogen and oxygen atoms in total. The van der Waals surface area contributed by atoms with Gasteiger partial charge in [0.2, 0.25) is 15.9 Å². The van der Waals surface area contributed by atoms with Crippen molar-refractivity contribution in [1.82, 2.24) is 15.0 Å². The molecule has 3 N–H and O–H groups in total. The van der Waals surface area contributed by atoms with Crippen LogP contribution in [0.3, 0.4) is 0 Å². The van der Waals surface area contributed by atoms with Crippen molar-refractivity contribution < 1.29 is 18.0 Å². The third-order valence-electron chi connectivity index (χ3n) is 5.67. The Bertz CT molecular complexity index is 1550. The second-order valence-corrected chi connectivity index (χ2v) is 11.6. The van der Waals surface area contributed by atoms with Gasteiger partial charge in [0.05, 0.1) is 4.90 Å². The maximum atomic E-state index is 13.5. The second-order valence-electron chi connectivity index (χ2n) is 9.93. The van der Waals surface area contributed by atoms with Gasteiger partial charge < -0.3 is 10.6 Å². The van der Waals surface area contributed by atoms with Crippen LogP contribution in [0.25, 0.3) is 10.8 Å². The molecule has 1 aromatic heterocycles. The van der Waals surface area contributed by atoms with Gasteiger partial charge in [-0.15, -0.1) is 0 Å². The van der Waals surface area contributed by atoms with Crippen molar-refractivity contribution in [3.63, 3.8) is 0 Å². The number of pyridine rings is 1. The first kappa shape index (κ1) is 27.0. The third-order valence-corrected chi connectivity index (χ3v) is 7.49. The molecule has 0 fully saturated rings. The molecule has 0 aliphatic heterocycles. The number of sulfonamides is 1. The van der Waals surface area contributed by atoms with Gasteiger partial charge in [0.25, 0.3) is 5.91 Å². The van der Waals surface area contributed by atoms with Gasteiger partial charge in [-0.25, -0.2) is 13.1 Å². The van der Waals surface area contributed by atoms with Gasteiger partial charge in [0.15, 0.2) is 0 Å². The summed E-state index contributed by atoms with van der Waals surface area (Å²) in [4.78, 5) is 30.6. The number of rotatable bonds is 8. The van der Waals surface area contributed by atoms with E-state index in [1.54, 1.807) is 69.3 Å². The highest BCUT2D eigenvalue weighted by Crippen LogP contribution is 2.29. The van der Waals surface area contributed by atoms with Crippen molar-refractivity contribution in [2.24, 2.45) is 0 Å². The van der Waals surface area contributed by atoms with Gasteiger partial charge in [0, 0.05) is 34.6 Å². The van der Waals surface area contributed by atoms with Crippen LogP contribution in [0.15, 0.2) is 96.0 Å². The van der Waals surface area contributed by atoms with Gasteiger partial charge in [-0.3, -0.25) is 14.6 Å². The molecule has 0 aliphatic rings. The van der Waals surface area contributed by atoms with Crippen molar-refractivity contribution in [1.29, 1.82) is 0 Å². The molecule has 1 heterocycles. The number of benzene rings is 3. The van der Waals surface area contributed by atoms with Crippen LogP contribution in [0, 0.1) is 0 Å². The van der Waals surface area contributed by atoms with Crippen LogP contribution in [-0.2, 0) is 21.2 Å². The van der Waals surface area contributed by atoms with Crippen LogP contribution in [0.4, 0.5) is 5.69 Å². The average molecular weight is 531 g/mol. The van der Waals surface area contributed by atoms with E-state index in [0.29, 0.717) is 16.5 Å². The van der Waals surface area contributed by atoms with Gasteiger partial charge in [0.1, 0.15) is 11.7 Å². The van der Waals surface area contributed by atoms with Crippen LogP contribution < -0.4 is 15.4 Å². The van der Waals surface area contributed by atoms with Crippen LogP contribution in [0.2, 0.25) is 0 Å². The molecule has 196 valence electrons. The highest BCUT2D eigenvalue weighted by Gasteiger charge is 2.26. The smallest absolute Gasteiger partial charge is 0.270 e. The second kappa shape index (κ2) is 11.1. The van der Waals surface area contributed by atoms with Crippen LogP contribution in [0.5, 0.6) is 0 Å². The van der Waals surface area contributed by atoms with Crippen LogP contribution >= 0.6 is 0 Å². The number of hydrogen-bond donors (Lipinski definition) is 3. The van der Waals surface area contributed by atoms with Gasteiger partial charge in [-0.2, -0.15) is 0 Å². The van der Waals surface area contributed by atoms with Crippen molar-refractivity contribution in [3.05, 3.63) is 102 Å². The summed E-state index contributed by atoms with van der Waals surface area (Å²) >= 11 is 0. The predicted molar refractivity (Wildman–Crippen MR) is 148 cm³/mol. The maximum Gasteiger partial charge on any atom is 0.270 e. The largest absolute Gasteiger partial charge is 0.339 e. The molecule has 1 atom stereocenters. The molecule has 0 radical (unpaired) electrons. The first-order chi connectivity index (χ1) is 18.0. The van der Waals surface area contributed by atoms with E-state index in [-0.39, 0.29) is 17.0 Å². The Hall–Kier alpha value is -4.08. The zero-order valence-electron chi connectivity index (χ0n) is 21.4. The number of amides is 2. The number of aromatic nitrogens is 1. The minimum atomic E-state index is -3.82. The van der Waals surface area contributed by atoms with E-state index in [1.165, 1.54) is 12.3 Å². The van der Waals surface area contributed by atoms with Gasteiger partial charge >= 0.3 is 0 Å². The minimum absolute atomic E-state index is 0.116. The van der Waals surface area contributed by atoms with E-state index in [0.717, 1.165) is 5.56 Å². The molecule has 9 heteroatoms. The molecule has 2 amide bonds. The first-order valence-electron chi connectivity index (χ1n) is 12.2. The fraction of sp³-hybridized carbons (Fsp3) is 0.207. The third kappa shape index (κ3) is 6.62. The minimum Gasteiger partial charge on any atom is -0.339 e. The normalized spacial score (nSPS) is 12.6. The maximum absolute atomic E-state index is 13.5. The molecule has 0 unspecified atom stereocenters. The van der Waals surface area contributed by atoms with E-state index >= 15 is 0 Å². The molecule has 4 rings (SSSR count). The zero-order valence-corrected chi connectivity index (χ0v) is 22.2. The van der Waals surface area contributed by atoms with Crippen molar-refractivity contribution in [2.45, 2.75) is 43.7 Å². The Kier molecular flexibility index (Phi) is 7.89. The summed E-state index contributed by atoms with van der Waals surface area (Å²) in [5, 5.41) is 6.73. The summed E-state index contributed by atoms with van der Waals surface area (Å²) in [6.45, 7) is 5.31. The summed E-state index contributed by atoms with van der Waals surface area (Å²) in [7, 11) is -3.82. The molecule has 38 heavy (non-hydrogen) atoms. The number of nitrogens with zero attached hydrogens (tertiary/aromatic N) is 1. The molecule has 3 aromatic carbocycles. The van der Waals surface area contributed by atoms with E-state index < -0.39 is 33.4 Å². The number of carbonyl (C=O) groups is 2. The van der Waals surface area contributed by atoms with Gasteiger partial charge in [-0.1, -0.05) is 60.7 Å². The molecule has 0 saturated heterocycles. The van der Waals surface area contributed by atoms with Crippen molar-refractivity contribution in [2.75, 3.05) is 5.32 Å². The summed E-state index contributed by atoms with van der Waals surface area (Å²) in [5.41, 5.74) is 0.840. The number of carbonyl (C=O) groups excluding carboxylic acids is 2. The average Bonchev–Trinajstić information content (AvgIpc) is 2.88. The molecule has 0 saturated carbocycles. The lowest BCUT2D eigenvalue weighted by Crippen LogP contribution is -2.45. The fourth-order valence-electron chi connectivity index (χ4n) is 4.09. The fourth-order valence-corrected chi connectivity index (χ4v) is 5.73. The Balaban J connectivity index is 1.66. The molecule has 0 bridgehead atoms. The first-order valence-corrected chi connectivity index (χ1v) is 13.6. The number of anilines is 1. The Labute approximate surface area is 222 Å². The standard InChI is InChI=1S/C29H30N4O4S/c1-29(2,3)33-38(36,37)26-17-10-13-21-22(26)14-9-16-23(21)31-28(35)25(19-20-11-5-4-6-12-20)32-27(34)24-15-7-8-18-30-24/h4-18,25,33H,19H2,1-3H3,(H,31,35)(H,32,34)/t25-/m0/s1. The van der Waals surface area contributed by atoms with Gasteiger partial charge in [-0.05, 0) is 50.6 Å². The molecule has 0 aliphatic carbocycles. The molecular formula is C29H30N4O4S. The zero-order chi connectivity index (χ0) is 27.3. The van der Waals surface area contributed by atoms with Crippen LogP contribution in [0.1, 0.15) is 36.8 Å². The van der Waals surface area contributed by atoms with E-state index in [9.17, 15) is 18.0 Å². The monoisotopic (exact) mass is 530 g/mol. The lowest BCUT2D eigenvalue weighted by molar-refractivity contribution is -0.118. The SMILES string of the molecule is CC(C)(C)NS(=O)(=O)c1cccc2c(NC(=O)[C@H](Cc3ccccc3)NC(=O)c3ccccn3)cccc12. The Morgan fingerprint density at radius 1 is 0.842 bits per heavy atom.